The van der Waals surface area contributed by atoms with Crippen molar-refractivity contribution in [2.24, 2.45) is 5.73 Å². The first-order valence-electron chi connectivity index (χ1n) is 17.1. The lowest BCUT2D eigenvalue weighted by atomic mass is 9.83. The van der Waals surface area contributed by atoms with Crippen LogP contribution in [0, 0.1) is 12.3 Å². The first-order chi connectivity index (χ1) is 24.1. The number of carbonyl (C=O) groups excluding carboxylic acids is 1. The van der Waals surface area contributed by atoms with Crippen molar-refractivity contribution in [3.8, 4) is 11.5 Å². The number of nitrogens with one attached hydrogen (secondary N) is 2. The van der Waals surface area contributed by atoms with Crippen molar-refractivity contribution in [1.82, 2.24) is 15.1 Å². The quantitative estimate of drug-likeness (QED) is 0.0939. The van der Waals surface area contributed by atoms with E-state index in [2.05, 4.69) is 11.4 Å². The van der Waals surface area contributed by atoms with Crippen molar-refractivity contribution in [3.05, 3.63) is 97.5 Å². The number of carbonyl (C=O) groups is 1. The number of hydrogen-bond acceptors (Lipinski definition) is 6. The number of aryl methyl sites for hydroxylation is 2. The van der Waals surface area contributed by atoms with Gasteiger partial charge in [0.1, 0.15) is 19.0 Å². The molecule has 1 amide bonds. The van der Waals surface area contributed by atoms with Crippen LogP contribution >= 0.6 is 34.8 Å². The Bertz CT molecular complexity index is 1720. The lowest BCUT2D eigenvalue weighted by Gasteiger charge is -2.45. The Hall–Kier alpha value is -3.47. The number of methoxy groups -OCH3 is 1. The summed E-state index contributed by atoms with van der Waals surface area (Å²) < 4.78 is 17.0. The molecule has 2 atom stereocenters. The number of guanidine groups is 1. The number of ether oxygens (including phenoxy) is 3. The molecule has 266 valence electrons. The number of amides is 1. The zero-order valence-corrected chi connectivity index (χ0v) is 30.7. The van der Waals surface area contributed by atoms with E-state index in [4.69, 9.17) is 60.2 Å². The number of nitrogens with zero attached hydrogens (tertiary/aromatic N) is 2. The molecule has 50 heavy (non-hydrogen) atoms. The van der Waals surface area contributed by atoms with Crippen molar-refractivity contribution in [2.75, 3.05) is 40.0 Å². The van der Waals surface area contributed by atoms with Gasteiger partial charge in [0.25, 0.3) is 5.91 Å². The van der Waals surface area contributed by atoms with Crippen molar-refractivity contribution in [1.29, 1.82) is 5.41 Å². The fraction of sp³-hybridized carbons (Fsp3) is 0.421. The van der Waals surface area contributed by atoms with Gasteiger partial charge in [0, 0.05) is 56.0 Å². The molecule has 1 saturated carbocycles. The van der Waals surface area contributed by atoms with Crippen LogP contribution in [0.4, 0.5) is 0 Å². The van der Waals surface area contributed by atoms with Crippen LogP contribution < -0.4 is 20.5 Å². The van der Waals surface area contributed by atoms with Crippen LogP contribution in [-0.4, -0.2) is 79.8 Å². The average molecular weight is 741 g/mol. The van der Waals surface area contributed by atoms with Crippen LogP contribution in [0.5, 0.6) is 11.5 Å². The minimum absolute atomic E-state index is 0.00407. The number of halogens is 3. The van der Waals surface area contributed by atoms with Gasteiger partial charge in [-0.25, -0.2) is 0 Å². The van der Waals surface area contributed by atoms with E-state index in [-0.39, 0.29) is 36.6 Å². The smallest absolute Gasteiger partial charge is 0.252 e. The second-order valence-corrected chi connectivity index (χ2v) is 14.5. The Labute approximate surface area is 309 Å². The Balaban J connectivity index is 1.23. The molecule has 6 rings (SSSR count). The van der Waals surface area contributed by atoms with E-state index < -0.39 is 0 Å². The van der Waals surface area contributed by atoms with E-state index in [0.717, 1.165) is 53.5 Å². The topological polar surface area (TPSA) is 113 Å². The summed E-state index contributed by atoms with van der Waals surface area (Å²) in [5.41, 5.74) is 11.7. The van der Waals surface area contributed by atoms with Crippen LogP contribution in [-0.2, 0) is 22.5 Å². The highest BCUT2D eigenvalue weighted by atomic mass is 35.5. The third kappa shape index (κ3) is 8.69. The molecule has 3 aromatic rings. The van der Waals surface area contributed by atoms with Crippen LogP contribution in [0.3, 0.4) is 0 Å². The zero-order chi connectivity index (χ0) is 35.4. The van der Waals surface area contributed by atoms with Gasteiger partial charge in [-0.15, -0.1) is 0 Å². The number of piperazine rings is 1. The van der Waals surface area contributed by atoms with Gasteiger partial charge in [0.15, 0.2) is 11.7 Å². The standard InChI is InChI=1S/C38H44Cl3N5O4/c1-23-16-32(40)36(33(41)17-23)50-15-14-49-29-10-6-25(7-11-29)30-19-27-21-45(38(42)43)22-34(44-27)35(30)37(47)46(28-8-9-28)20-26-18-24(4-3-13-48-2)5-12-31(26)39/h5-7,10-12,16-18,27-28,34,44H,3-4,8-9,13-15,19-22H2,1-2H3,(H3,42,43)/t27-,34-/m1/s1. The van der Waals surface area contributed by atoms with Gasteiger partial charge in [0.2, 0.25) is 0 Å². The molecular formula is C38H44Cl3N5O4. The summed E-state index contributed by atoms with van der Waals surface area (Å²) in [6.45, 7) is 4.66. The van der Waals surface area contributed by atoms with E-state index in [1.807, 2.05) is 65.3 Å². The van der Waals surface area contributed by atoms with Crippen molar-refractivity contribution in [2.45, 2.75) is 63.7 Å². The summed E-state index contributed by atoms with van der Waals surface area (Å²) in [5.74, 6) is 1.14. The molecule has 2 fully saturated rings. The van der Waals surface area contributed by atoms with E-state index in [0.29, 0.717) is 65.8 Å². The van der Waals surface area contributed by atoms with Gasteiger partial charge in [-0.05, 0) is 97.2 Å². The molecule has 4 N–H and O–H groups in total. The van der Waals surface area contributed by atoms with E-state index >= 15 is 0 Å². The minimum Gasteiger partial charge on any atom is -0.490 e. The fourth-order valence-corrected chi connectivity index (χ4v) is 7.74. The van der Waals surface area contributed by atoms with Crippen molar-refractivity contribution < 1.29 is 19.0 Å². The van der Waals surface area contributed by atoms with Crippen molar-refractivity contribution >= 4 is 52.2 Å². The van der Waals surface area contributed by atoms with Gasteiger partial charge >= 0.3 is 0 Å². The van der Waals surface area contributed by atoms with E-state index in [1.165, 1.54) is 5.56 Å². The number of benzene rings is 3. The predicted molar refractivity (Wildman–Crippen MR) is 200 cm³/mol. The van der Waals surface area contributed by atoms with Gasteiger partial charge in [-0.1, -0.05) is 59.1 Å². The van der Waals surface area contributed by atoms with Gasteiger partial charge in [0.05, 0.1) is 16.1 Å². The van der Waals surface area contributed by atoms with Crippen LogP contribution in [0.25, 0.3) is 5.57 Å². The second kappa shape index (κ2) is 16.3. The highest BCUT2D eigenvalue weighted by Gasteiger charge is 2.43. The fourth-order valence-electron chi connectivity index (χ4n) is 6.86. The van der Waals surface area contributed by atoms with Crippen molar-refractivity contribution in [3.63, 3.8) is 0 Å². The summed E-state index contributed by atoms with van der Waals surface area (Å²) in [7, 11) is 1.71. The molecule has 0 radical (unpaired) electrons. The molecule has 2 bridgehead atoms. The third-order valence-electron chi connectivity index (χ3n) is 9.43. The number of fused-ring (bicyclic) bond motifs is 2. The maximum atomic E-state index is 14.8. The Kier molecular flexibility index (Phi) is 11.8. The molecule has 9 nitrogen and oxygen atoms in total. The largest absolute Gasteiger partial charge is 0.490 e. The highest BCUT2D eigenvalue weighted by Crippen LogP contribution is 2.38. The molecule has 0 spiro atoms. The van der Waals surface area contributed by atoms with Gasteiger partial charge < -0.3 is 35.1 Å². The summed E-state index contributed by atoms with van der Waals surface area (Å²) in [6.07, 6.45) is 4.33. The summed E-state index contributed by atoms with van der Waals surface area (Å²) in [5, 5.41) is 13.4. The van der Waals surface area contributed by atoms with Gasteiger partial charge in [-0.3, -0.25) is 10.2 Å². The molecule has 3 aliphatic rings. The Morgan fingerprint density at radius 3 is 2.38 bits per heavy atom. The molecule has 1 saturated heterocycles. The van der Waals surface area contributed by atoms with Crippen LogP contribution in [0.1, 0.15) is 47.9 Å². The highest BCUT2D eigenvalue weighted by molar-refractivity contribution is 6.37. The third-order valence-corrected chi connectivity index (χ3v) is 10.4. The molecular weight excluding hydrogens is 697 g/mol. The summed E-state index contributed by atoms with van der Waals surface area (Å²) >= 11 is 19.4. The first-order valence-corrected chi connectivity index (χ1v) is 18.2. The summed E-state index contributed by atoms with van der Waals surface area (Å²) in [6, 6.07) is 17.5. The monoisotopic (exact) mass is 739 g/mol. The van der Waals surface area contributed by atoms with Gasteiger partial charge in [-0.2, -0.15) is 0 Å². The predicted octanol–water partition coefficient (Wildman–Crippen LogP) is 6.88. The lowest BCUT2D eigenvalue weighted by Crippen LogP contribution is -2.63. The van der Waals surface area contributed by atoms with Crippen LogP contribution in [0.15, 0.2) is 60.2 Å². The zero-order valence-electron chi connectivity index (χ0n) is 28.4. The maximum Gasteiger partial charge on any atom is 0.252 e. The minimum atomic E-state index is -0.278. The molecule has 1 aliphatic carbocycles. The van der Waals surface area contributed by atoms with Crippen LogP contribution in [0.2, 0.25) is 15.1 Å². The van der Waals surface area contributed by atoms with E-state index in [9.17, 15) is 4.79 Å². The first kappa shape index (κ1) is 36.3. The average Bonchev–Trinajstić information content (AvgIpc) is 3.93. The SMILES string of the molecule is COCCCc1ccc(Cl)c(CN(C(=O)C2=C(c3ccc(OCCOc4c(Cl)cc(C)cc4Cl)cc3)C[C@@H]3CN(C(=N)N)C[C@H]2N3)C2CC2)c1. The second-order valence-electron chi connectivity index (χ2n) is 13.3. The molecule has 0 aromatic heterocycles. The Morgan fingerprint density at radius 1 is 0.980 bits per heavy atom. The maximum absolute atomic E-state index is 14.8. The normalized spacial score (nSPS) is 18.6. The number of nitrogens with two attached hydrogens (primary N) is 1. The number of rotatable bonds is 14. The molecule has 2 heterocycles. The summed E-state index contributed by atoms with van der Waals surface area (Å²) in [4.78, 5) is 18.6. The number of hydrogen-bond donors (Lipinski definition) is 3. The Morgan fingerprint density at radius 2 is 1.70 bits per heavy atom. The molecule has 2 aliphatic heterocycles. The molecule has 0 unspecified atom stereocenters. The van der Waals surface area contributed by atoms with E-state index in [1.54, 1.807) is 7.11 Å². The molecule has 12 heteroatoms. The lowest BCUT2D eigenvalue weighted by molar-refractivity contribution is -0.128. The molecule has 3 aromatic carbocycles.